The van der Waals surface area contributed by atoms with Crippen molar-refractivity contribution in [3.63, 3.8) is 0 Å². The average Bonchev–Trinajstić information content (AvgIpc) is 3.08. The Bertz CT molecular complexity index is 460. The van der Waals surface area contributed by atoms with Crippen molar-refractivity contribution in [3.05, 3.63) is 22.2 Å². The van der Waals surface area contributed by atoms with Crippen LogP contribution in [0.3, 0.4) is 0 Å². The van der Waals surface area contributed by atoms with Crippen molar-refractivity contribution in [2.45, 2.75) is 31.6 Å². The summed E-state index contributed by atoms with van der Waals surface area (Å²) >= 11 is 0. The Morgan fingerprint density at radius 2 is 2.28 bits per heavy atom. The van der Waals surface area contributed by atoms with Crippen LogP contribution in [0.2, 0.25) is 0 Å². The largest absolute Gasteiger partial charge is 0.370 e. The molecule has 0 bridgehead atoms. The lowest BCUT2D eigenvalue weighted by Crippen LogP contribution is -2.16. The number of nitrogens with one attached hydrogen (secondary N) is 3. The molecule has 98 valence electrons. The van der Waals surface area contributed by atoms with Crippen LogP contribution in [0.4, 0.5) is 5.82 Å². The van der Waals surface area contributed by atoms with Crippen LogP contribution in [0.25, 0.3) is 0 Å². The molecular weight excluding hydrogens is 228 g/mol. The summed E-state index contributed by atoms with van der Waals surface area (Å²) in [4.78, 5) is 18.8. The van der Waals surface area contributed by atoms with E-state index in [-0.39, 0.29) is 5.56 Å². The zero-order valence-electron chi connectivity index (χ0n) is 10.5. The molecule has 1 aliphatic heterocycles. The highest BCUT2D eigenvalue weighted by Gasteiger charge is 2.26. The van der Waals surface area contributed by atoms with Crippen LogP contribution in [0.1, 0.15) is 37.4 Å². The predicted octanol–water partition coefficient (Wildman–Crippen LogP) is 1.06. The molecule has 5 heteroatoms. The van der Waals surface area contributed by atoms with E-state index in [0.29, 0.717) is 5.92 Å². The SMILES string of the molecule is O=c1cc(NCCC2CCNC2)nc(C2CC2)[nH]1. The smallest absolute Gasteiger partial charge is 0.252 e. The van der Waals surface area contributed by atoms with Crippen molar-refractivity contribution in [1.29, 1.82) is 0 Å². The second-order valence-electron chi connectivity index (χ2n) is 5.36. The molecule has 2 heterocycles. The highest BCUT2D eigenvalue weighted by molar-refractivity contribution is 5.33. The molecule has 1 unspecified atom stereocenters. The number of H-pyrrole nitrogens is 1. The van der Waals surface area contributed by atoms with Crippen molar-refractivity contribution in [3.8, 4) is 0 Å². The summed E-state index contributed by atoms with van der Waals surface area (Å²) in [7, 11) is 0. The van der Waals surface area contributed by atoms with Gasteiger partial charge in [0.1, 0.15) is 11.6 Å². The van der Waals surface area contributed by atoms with E-state index in [1.54, 1.807) is 6.07 Å². The van der Waals surface area contributed by atoms with E-state index in [2.05, 4.69) is 20.6 Å². The van der Waals surface area contributed by atoms with E-state index in [4.69, 9.17) is 0 Å². The fraction of sp³-hybridized carbons (Fsp3) is 0.692. The molecule has 3 rings (SSSR count). The third-order valence-corrected chi connectivity index (χ3v) is 3.75. The number of hydrogen-bond acceptors (Lipinski definition) is 4. The van der Waals surface area contributed by atoms with Crippen LogP contribution in [0, 0.1) is 5.92 Å². The Morgan fingerprint density at radius 3 is 3.00 bits per heavy atom. The average molecular weight is 248 g/mol. The molecule has 0 radical (unpaired) electrons. The molecule has 1 aromatic heterocycles. The van der Waals surface area contributed by atoms with Crippen molar-refractivity contribution in [2.24, 2.45) is 5.92 Å². The zero-order chi connectivity index (χ0) is 12.4. The number of anilines is 1. The predicted molar refractivity (Wildman–Crippen MR) is 70.9 cm³/mol. The summed E-state index contributed by atoms with van der Waals surface area (Å²) in [5.74, 6) is 2.83. The Hall–Kier alpha value is -1.36. The monoisotopic (exact) mass is 248 g/mol. The summed E-state index contributed by atoms with van der Waals surface area (Å²) in [6.07, 6.45) is 4.71. The highest BCUT2D eigenvalue weighted by Crippen LogP contribution is 2.37. The van der Waals surface area contributed by atoms with Gasteiger partial charge < -0.3 is 15.6 Å². The molecule has 1 aliphatic carbocycles. The molecular formula is C13H20N4O. The van der Waals surface area contributed by atoms with Gasteiger partial charge in [-0.2, -0.15) is 0 Å². The van der Waals surface area contributed by atoms with Gasteiger partial charge in [0, 0.05) is 18.5 Å². The Morgan fingerprint density at radius 1 is 1.39 bits per heavy atom. The summed E-state index contributed by atoms with van der Waals surface area (Å²) in [6, 6.07) is 1.55. The quantitative estimate of drug-likeness (QED) is 0.728. The minimum absolute atomic E-state index is 0.0445. The van der Waals surface area contributed by atoms with Gasteiger partial charge in [-0.05, 0) is 44.7 Å². The molecule has 1 atom stereocenters. The molecule has 2 aliphatic rings. The molecule has 2 fully saturated rings. The van der Waals surface area contributed by atoms with E-state index in [1.165, 1.54) is 6.42 Å². The second-order valence-corrected chi connectivity index (χ2v) is 5.36. The number of rotatable bonds is 5. The Balaban J connectivity index is 1.56. The number of aromatic amines is 1. The third kappa shape index (κ3) is 2.90. The first-order valence-electron chi connectivity index (χ1n) is 6.87. The van der Waals surface area contributed by atoms with Crippen LogP contribution >= 0.6 is 0 Å². The standard InChI is InChI=1S/C13H20N4O/c18-12-7-11(16-13(17-12)10-1-2-10)15-6-4-9-3-5-14-8-9/h7,9-10,14H,1-6,8H2,(H2,15,16,17,18). The topological polar surface area (TPSA) is 69.8 Å². The van der Waals surface area contributed by atoms with Crippen LogP contribution < -0.4 is 16.2 Å². The highest BCUT2D eigenvalue weighted by atomic mass is 16.1. The van der Waals surface area contributed by atoms with Crippen molar-refractivity contribution >= 4 is 5.82 Å². The summed E-state index contributed by atoms with van der Waals surface area (Å²) in [5.41, 5.74) is -0.0445. The summed E-state index contributed by atoms with van der Waals surface area (Å²) in [6.45, 7) is 3.16. The second kappa shape index (κ2) is 5.10. The van der Waals surface area contributed by atoms with E-state index in [9.17, 15) is 4.79 Å². The minimum atomic E-state index is -0.0445. The van der Waals surface area contributed by atoms with Gasteiger partial charge in [-0.1, -0.05) is 0 Å². The van der Waals surface area contributed by atoms with E-state index < -0.39 is 0 Å². The van der Waals surface area contributed by atoms with E-state index in [0.717, 1.165) is 56.5 Å². The maximum Gasteiger partial charge on any atom is 0.252 e. The molecule has 5 nitrogen and oxygen atoms in total. The molecule has 0 spiro atoms. The molecule has 18 heavy (non-hydrogen) atoms. The van der Waals surface area contributed by atoms with Crippen LogP contribution in [-0.2, 0) is 0 Å². The summed E-state index contributed by atoms with van der Waals surface area (Å²) < 4.78 is 0. The number of nitrogens with zero attached hydrogens (tertiary/aromatic N) is 1. The van der Waals surface area contributed by atoms with Gasteiger partial charge in [-0.3, -0.25) is 4.79 Å². The first-order chi connectivity index (χ1) is 8.81. The van der Waals surface area contributed by atoms with Gasteiger partial charge in [0.2, 0.25) is 0 Å². The maximum absolute atomic E-state index is 11.5. The lowest BCUT2D eigenvalue weighted by atomic mass is 10.1. The minimum Gasteiger partial charge on any atom is -0.370 e. The molecule has 1 saturated heterocycles. The van der Waals surface area contributed by atoms with E-state index in [1.807, 2.05) is 0 Å². The fourth-order valence-corrected chi connectivity index (χ4v) is 2.48. The molecule has 1 saturated carbocycles. The van der Waals surface area contributed by atoms with Crippen LogP contribution in [-0.4, -0.2) is 29.6 Å². The van der Waals surface area contributed by atoms with Crippen LogP contribution in [0.5, 0.6) is 0 Å². The van der Waals surface area contributed by atoms with E-state index >= 15 is 0 Å². The lowest BCUT2D eigenvalue weighted by Gasteiger charge is -2.10. The van der Waals surface area contributed by atoms with Gasteiger partial charge in [0.05, 0.1) is 0 Å². The first-order valence-corrected chi connectivity index (χ1v) is 6.87. The Labute approximate surface area is 106 Å². The maximum atomic E-state index is 11.5. The van der Waals surface area contributed by atoms with Crippen molar-refractivity contribution in [1.82, 2.24) is 15.3 Å². The van der Waals surface area contributed by atoms with Gasteiger partial charge in [0.25, 0.3) is 5.56 Å². The number of aromatic nitrogens is 2. The Kier molecular flexibility index (Phi) is 3.32. The van der Waals surface area contributed by atoms with Crippen molar-refractivity contribution < 1.29 is 0 Å². The molecule has 0 amide bonds. The molecule has 3 N–H and O–H groups in total. The zero-order valence-corrected chi connectivity index (χ0v) is 10.5. The van der Waals surface area contributed by atoms with Gasteiger partial charge >= 0.3 is 0 Å². The van der Waals surface area contributed by atoms with Gasteiger partial charge in [-0.25, -0.2) is 4.98 Å². The summed E-state index contributed by atoms with van der Waals surface area (Å²) in [5, 5.41) is 6.64. The molecule has 1 aromatic rings. The van der Waals surface area contributed by atoms with Gasteiger partial charge in [0.15, 0.2) is 0 Å². The number of hydrogen-bond donors (Lipinski definition) is 3. The van der Waals surface area contributed by atoms with Gasteiger partial charge in [-0.15, -0.1) is 0 Å². The lowest BCUT2D eigenvalue weighted by molar-refractivity contribution is 0.549. The fourth-order valence-electron chi connectivity index (χ4n) is 2.48. The van der Waals surface area contributed by atoms with Crippen LogP contribution in [0.15, 0.2) is 10.9 Å². The van der Waals surface area contributed by atoms with Crippen molar-refractivity contribution in [2.75, 3.05) is 25.0 Å². The first kappa shape index (κ1) is 11.7. The third-order valence-electron chi connectivity index (χ3n) is 3.75. The molecule has 0 aromatic carbocycles. The normalized spacial score (nSPS) is 23.2.